The van der Waals surface area contributed by atoms with Crippen molar-refractivity contribution in [3.8, 4) is 0 Å². The van der Waals surface area contributed by atoms with E-state index in [1.54, 1.807) is 0 Å². The molecule has 0 bridgehead atoms. The van der Waals surface area contributed by atoms with Crippen LogP contribution in [0.4, 0.5) is 13.2 Å². The average molecular weight is 273 g/mol. The Morgan fingerprint density at radius 3 is 2.47 bits per heavy atom. The van der Waals surface area contributed by atoms with Crippen molar-refractivity contribution >= 4 is 0 Å². The number of hydrogen-bond donors (Lipinski definition) is 1. The van der Waals surface area contributed by atoms with Crippen LogP contribution in [0.15, 0.2) is 24.3 Å². The maximum Gasteiger partial charge on any atom is 0.416 e. The predicted octanol–water partition coefficient (Wildman–Crippen LogP) is 3.54. The molecule has 2 unspecified atom stereocenters. The fourth-order valence-corrected chi connectivity index (χ4v) is 2.43. The average Bonchev–Trinajstić information content (AvgIpc) is 2.89. The number of alkyl halides is 3. The number of rotatable bonds is 4. The lowest BCUT2D eigenvalue weighted by Gasteiger charge is -2.24. The SMILES string of the molecule is CCNC(c1ccc(C(F)(F)F)cc1)C1CCCO1. The van der Waals surface area contributed by atoms with Crippen LogP contribution in [-0.4, -0.2) is 19.3 Å². The van der Waals surface area contributed by atoms with E-state index in [9.17, 15) is 13.2 Å². The van der Waals surface area contributed by atoms with Crippen molar-refractivity contribution in [3.05, 3.63) is 35.4 Å². The molecular formula is C14H18F3NO. The van der Waals surface area contributed by atoms with Gasteiger partial charge in [-0.2, -0.15) is 13.2 Å². The summed E-state index contributed by atoms with van der Waals surface area (Å²) in [4.78, 5) is 0. The lowest BCUT2D eigenvalue weighted by molar-refractivity contribution is -0.137. The zero-order valence-corrected chi connectivity index (χ0v) is 10.8. The summed E-state index contributed by atoms with van der Waals surface area (Å²) in [7, 11) is 0. The molecular weight excluding hydrogens is 255 g/mol. The molecule has 2 rings (SSSR count). The van der Waals surface area contributed by atoms with Crippen molar-refractivity contribution in [1.82, 2.24) is 5.32 Å². The van der Waals surface area contributed by atoms with Gasteiger partial charge in [-0.15, -0.1) is 0 Å². The molecule has 1 saturated heterocycles. The van der Waals surface area contributed by atoms with E-state index in [0.29, 0.717) is 0 Å². The first-order valence-corrected chi connectivity index (χ1v) is 6.54. The van der Waals surface area contributed by atoms with Gasteiger partial charge in [0.1, 0.15) is 0 Å². The van der Waals surface area contributed by atoms with Crippen molar-refractivity contribution < 1.29 is 17.9 Å². The van der Waals surface area contributed by atoms with Gasteiger partial charge in [0.05, 0.1) is 17.7 Å². The van der Waals surface area contributed by atoms with Crippen LogP contribution < -0.4 is 5.32 Å². The second-order valence-corrected chi connectivity index (χ2v) is 4.71. The van der Waals surface area contributed by atoms with E-state index >= 15 is 0 Å². The summed E-state index contributed by atoms with van der Waals surface area (Å²) >= 11 is 0. The highest BCUT2D eigenvalue weighted by molar-refractivity contribution is 5.27. The van der Waals surface area contributed by atoms with Crippen LogP contribution in [0.5, 0.6) is 0 Å². The maximum atomic E-state index is 12.5. The zero-order valence-electron chi connectivity index (χ0n) is 10.8. The number of hydrogen-bond acceptors (Lipinski definition) is 2. The van der Waals surface area contributed by atoms with Crippen LogP contribution in [0.3, 0.4) is 0 Å². The number of likely N-dealkylation sites (N-methyl/N-ethyl adjacent to an activating group) is 1. The largest absolute Gasteiger partial charge is 0.416 e. The van der Waals surface area contributed by atoms with Gasteiger partial charge in [-0.05, 0) is 37.1 Å². The van der Waals surface area contributed by atoms with Crippen molar-refractivity contribution in [1.29, 1.82) is 0 Å². The molecule has 1 aromatic rings. The molecule has 1 aromatic carbocycles. The number of benzene rings is 1. The van der Waals surface area contributed by atoms with Gasteiger partial charge in [-0.3, -0.25) is 0 Å². The van der Waals surface area contributed by atoms with E-state index in [2.05, 4.69) is 5.32 Å². The summed E-state index contributed by atoms with van der Waals surface area (Å²) in [5.74, 6) is 0. The third kappa shape index (κ3) is 3.48. The normalized spacial score (nSPS) is 21.6. The molecule has 1 aliphatic heterocycles. The maximum absolute atomic E-state index is 12.5. The fraction of sp³-hybridized carbons (Fsp3) is 0.571. The molecule has 0 amide bonds. The van der Waals surface area contributed by atoms with Gasteiger partial charge in [-0.1, -0.05) is 19.1 Å². The van der Waals surface area contributed by atoms with Gasteiger partial charge in [0.15, 0.2) is 0 Å². The molecule has 1 aliphatic rings. The predicted molar refractivity (Wildman–Crippen MR) is 66.8 cm³/mol. The van der Waals surface area contributed by atoms with E-state index in [1.165, 1.54) is 12.1 Å². The first-order valence-electron chi connectivity index (χ1n) is 6.54. The summed E-state index contributed by atoms with van der Waals surface area (Å²) in [6.45, 7) is 3.46. The van der Waals surface area contributed by atoms with Crippen molar-refractivity contribution in [3.63, 3.8) is 0 Å². The van der Waals surface area contributed by atoms with Crippen LogP contribution >= 0.6 is 0 Å². The monoisotopic (exact) mass is 273 g/mol. The molecule has 19 heavy (non-hydrogen) atoms. The van der Waals surface area contributed by atoms with Crippen molar-refractivity contribution in [2.75, 3.05) is 13.2 Å². The van der Waals surface area contributed by atoms with E-state index < -0.39 is 11.7 Å². The zero-order chi connectivity index (χ0) is 13.9. The molecule has 5 heteroatoms. The highest BCUT2D eigenvalue weighted by atomic mass is 19.4. The Bertz CT molecular complexity index is 396. The second kappa shape index (κ2) is 5.92. The van der Waals surface area contributed by atoms with Gasteiger partial charge >= 0.3 is 6.18 Å². The lowest BCUT2D eigenvalue weighted by atomic mass is 9.98. The highest BCUT2D eigenvalue weighted by Gasteiger charge is 2.31. The standard InChI is InChI=1S/C14H18F3NO/c1-2-18-13(12-4-3-9-19-12)10-5-7-11(8-6-10)14(15,16)17/h5-8,12-13,18H,2-4,9H2,1H3. The second-order valence-electron chi connectivity index (χ2n) is 4.71. The van der Waals surface area contributed by atoms with Crippen LogP contribution in [0.1, 0.15) is 36.9 Å². The van der Waals surface area contributed by atoms with E-state index in [-0.39, 0.29) is 12.1 Å². The van der Waals surface area contributed by atoms with E-state index in [0.717, 1.165) is 43.7 Å². The van der Waals surface area contributed by atoms with Crippen LogP contribution in [0.25, 0.3) is 0 Å². The smallest absolute Gasteiger partial charge is 0.376 e. The highest BCUT2D eigenvalue weighted by Crippen LogP contribution is 2.32. The van der Waals surface area contributed by atoms with Gasteiger partial charge in [-0.25, -0.2) is 0 Å². The Morgan fingerprint density at radius 1 is 1.32 bits per heavy atom. The molecule has 0 radical (unpaired) electrons. The molecule has 1 fully saturated rings. The van der Waals surface area contributed by atoms with Gasteiger partial charge in [0.25, 0.3) is 0 Å². The van der Waals surface area contributed by atoms with Crippen molar-refractivity contribution in [2.45, 2.75) is 38.1 Å². The Morgan fingerprint density at radius 2 is 2.00 bits per heavy atom. The molecule has 1 heterocycles. The van der Waals surface area contributed by atoms with E-state index in [4.69, 9.17) is 4.74 Å². The van der Waals surface area contributed by atoms with Gasteiger partial charge < -0.3 is 10.1 Å². The first kappa shape index (κ1) is 14.3. The fourth-order valence-electron chi connectivity index (χ4n) is 2.43. The van der Waals surface area contributed by atoms with E-state index in [1.807, 2.05) is 6.92 Å². The quantitative estimate of drug-likeness (QED) is 0.906. The first-order chi connectivity index (χ1) is 9.02. The summed E-state index contributed by atoms with van der Waals surface area (Å²) in [5, 5.41) is 3.29. The summed E-state index contributed by atoms with van der Waals surface area (Å²) in [6, 6.07) is 5.31. The topological polar surface area (TPSA) is 21.3 Å². The molecule has 2 atom stereocenters. The van der Waals surface area contributed by atoms with Gasteiger partial charge in [0.2, 0.25) is 0 Å². The Balaban J connectivity index is 2.17. The molecule has 0 aromatic heterocycles. The van der Waals surface area contributed by atoms with Crippen LogP contribution in [0.2, 0.25) is 0 Å². The van der Waals surface area contributed by atoms with Crippen molar-refractivity contribution in [2.24, 2.45) is 0 Å². The number of nitrogens with one attached hydrogen (secondary N) is 1. The summed E-state index contributed by atoms with van der Waals surface area (Å²) in [6.07, 6.45) is -2.28. The Hall–Kier alpha value is -1.07. The molecule has 0 saturated carbocycles. The van der Waals surface area contributed by atoms with Gasteiger partial charge in [0, 0.05) is 6.61 Å². The minimum atomic E-state index is -4.28. The van der Waals surface area contributed by atoms with Crippen LogP contribution in [0, 0.1) is 0 Å². The Labute approximate surface area is 111 Å². The molecule has 1 N–H and O–H groups in total. The third-order valence-corrected chi connectivity index (χ3v) is 3.36. The molecule has 0 spiro atoms. The number of halogens is 3. The number of ether oxygens (including phenoxy) is 1. The minimum absolute atomic E-state index is 0.0326. The third-order valence-electron chi connectivity index (χ3n) is 3.36. The minimum Gasteiger partial charge on any atom is -0.376 e. The molecule has 106 valence electrons. The summed E-state index contributed by atoms with van der Waals surface area (Å²) in [5.41, 5.74) is 0.237. The van der Waals surface area contributed by atoms with Crippen LogP contribution in [-0.2, 0) is 10.9 Å². The molecule has 2 nitrogen and oxygen atoms in total. The lowest BCUT2D eigenvalue weighted by Crippen LogP contribution is -2.31. The molecule has 0 aliphatic carbocycles. The summed E-state index contributed by atoms with van der Waals surface area (Å²) < 4.78 is 43.2. The Kier molecular flexibility index (Phi) is 4.47.